The summed E-state index contributed by atoms with van der Waals surface area (Å²) in [6, 6.07) is 15.0. The summed E-state index contributed by atoms with van der Waals surface area (Å²) in [6.45, 7) is 0.413. The molecule has 0 fully saturated rings. The smallest absolute Gasteiger partial charge is 0.354 e. The Morgan fingerprint density at radius 1 is 1.07 bits per heavy atom. The monoisotopic (exact) mass is 428 g/mol. The minimum Gasteiger partial charge on any atom is -0.477 e. The Morgan fingerprint density at radius 3 is 2.66 bits per heavy atom. The Morgan fingerprint density at radius 2 is 1.90 bits per heavy atom. The summed E-state index contributed by atoms with van der Waals surface area (Å²) in [5.74, 6) is -0.701. The van der Waals surface area contributed by atoms with E-state index in [0.29, 0.717) is 28.6 Å². The lowest BCUT2D eigenvalue weighted by Crippen LogP contribution is -2.37. The number of amides is 1. The van der Waals surface area contributed by atoms with Crippen molar-refractivity contribution in [3.8, 4) is 17.0 Å². The van der Waals surface area contributed by atoms with E-state index >= 15 is 0 Å². The van der Waals surface area contributed by atoms with Crippen molar-refractivity contribution in [1.29, 1.82) is 0 Å². The lowest BCUT2D eigenvalue weighted by Gasteiger charge is -2.29. The Bertz CT molecular complexity index is 1130. The van der Waals surface area contributed by atoms with Crippen LogP contribution < -0.4 is 4.74 Å². The Kier molecular flexibility index (Phi) is 5.13. The molecular weight excluding hydrogens is 415 g/mol. The van der Waals surface area contributed by atoms with Crippen LogP contribution in [0.15, 0.2) is 54.6 Å². The van der Waals surface area contributed by atoms with E-state index in [1.54, 1.807) is 36.4 Å². The molecule has 1 aliphatic rings. The molecular formula is C21H14Cl2N2O4. The molecule has 0 saturated carbocycles. The number of carboxylic acids is 1. The second kappa shape index (κ2) is 7.73. The summed E-state index contributed by atoms with van der Waals surface area (Å²) in [4.78, 5) is 29.7. The van der Waals surface area contributed by atoms with Crippen LogP contribution in [0.2, 0.25) is 10.0 Å². The molecule has 29 heavy (non-hydrogen) atoms. The molecule has 8 heteroatoms. The molecule has 3 aromatic rings. The van der Waals surface area contributed by atoms with Crippen molar-refractivity contribution in [2.75, 3.05) is 6.73 Å². The van der Waals surface area contributed by atoms with Crippen LogP contribution in [0, 0.1) is 0 Å². The molecule has 0 bridgehead atoms. The Labute approximate surface area is 176 Å². The van der Waals surface area contributed by atoms with Crippen molar-refractivity contribution in [3.63, 3.8) is 0 Å². The number of aromatic carboxylic acids is 1. The van der Waals surface area contributed by atoms with E-state index in [1.165, 1.54) is 17.0 Å². The van der Waals surface area contributed by atoms with Crippen molar-refractivity contribution in [3.05, 3.63) is 81.5 Å². The molecule has 1 amide bonds. The summed E-state index contributed by atoms with van der Waals surface area (Å²) in [6.07, 6.45) is 0. The van der Waals surface area contributed by atoms with E-state index in [4.69, 9.17) is 33.0 Å². The normalized spacial score (nSPS) is 12.8. The number of carboxylic acid groups (broad SMARTS) is 1. The summed E-state index contributed by atoms with van der Waals surface area (Å²) < 4.78 is 5.72. The average molecular weight is 429 g/mol. The van der Waals surface area contributed by atoms with E-state index in [2.05, 4.69) is 4.98 Å². The number of hydrogen-bond donors (Lipinski definition) is 1. The molecule has 6 nitrogen and oxygen atoms in total. The first kappa shape index (κ1) is 19.2. The maximum Gasteiger partial charge on any atom is 0.354 e. The third kappa shape index (κ3) is 3.90. The van der Waals surface area contributed by atoms with Gasteiger partial charge in [0.15, 0.2) is 6.73 Å². The van der Waals surface area contributed by atoms with Gasteiger partial charge in [-0.25, -0.2) is 9.78 Å². The van der Waals surface area contributed by atoms with Crippen LogP contribution in [0.1, 0.15) is 26.4 Å². The number of hydrogen-bond acceptors (Lipinski definition) is 4. The Hall–Kier alpha value is -3.09. The number of benzene rings is 2. The van der Waals surface area contributed by atoms with Crippen molar-refractivity contribution in [2.24, 2.45) is 0 Å². The number of rotatable bonds is 3. The lowest BCUT2D eigenvalue weighted by molar-refractivity contribution is 0.0514. The molecule has 0 aliphatic carbocycles. The number of carbonyl (C=O) groups excluding carboxylic acids is 1. The highest BCUT2D eigenvalue weighted by atomic mass is 35.5. The van der Waals surface area contributed by atoms with Gasteiger partial charge < -0.3 is 14.7 Å². The van der Waals surface area contributed by atoms with Crippen LogP contribution in [-0.4, -0.2) is 33.6 Å². The van der Waals surface area contributed by atoms with Crippen molar-refractivity contribution in [2.45, 2.75) is 6.54 Å². The van der Waals surface area contributed by atoms with Gasteiger partial charge in [0.05, 0.1) is 22.8 Å². The number of fused-ring (bicyclic) bond motifs is 1. The van der Waals surface area contributed by atoms with Gasteiger partial charge in [-0.1, -0.05) is 29.3 Å². The molecule has 146 valence electrons. The molecule has 4 rings (SSSR count). The number of halogens is 2. The first-order valence-electron chi connectivity index (χ1n) is 8.63. The minimum absolute atomic E-state index is 0.0364. The fourth-order valence-corrected chi connectivity index (χ4v) is 3.57. The van der Waals surface area contributed by atoms with E-state index in [1.807, 2.05) is 6.07 Å². The maximum absolute atomic E-state index is 12.9. The molecule has 0 unspecified atom stereocenters. The van der Waals surface area contributed by atoms with Crippen molar-refractivity contribution < 1.29 is 19.4 Å². The van der Waals surface area contributed by atoms with Gasteiger partial charge in [0.1, 0.15) is 11.4 Å². The van der Waals surface area contributed by atoms with Gasteiger partial charge in [0, 0.05) is 16.1 Å². The SMILES string of the molecule is O=C(O)c1cccc(-c2ccc3c(c2)CN(C(=O)c2ccc(Cl)cc2Cl)CO3)n1. The molecule has 0 saturated heterocycles. The first-order chi connectivity index (χ1) is 13.9. The molecule has 0 radical (unpaired) electrons. The predicted octanol–water partition coefficient (Wildman–Crippen LogP) is 4.75. The zero-order chi connectivity index (χ0) is 20.5. The van der Waals surface area contributed by atoms with E-state index in [-0.39, 0.29) is 23.4 Å². The summed E-state index contributed by atoms with van der Waals surface area (Å²) in [5.41, 5.74) is 2.35. The zero-order valence-corrected chi connectivity index (χ0v) is 16.4. The summed E-state index contributed by atoms with van der Waals surface area (Å²) in [7, 11) is 0. The van der Waals surface area contributed by atoms with Gasteiger partial charge in [-0.2, -0.15) is 0 Å². The molecule has 1 N–H and O–H groups in total. The molecule has 1 aliphatic heterocycles. The fourth-order valence-electron chi connectivity index (χ4n) is 3.08. The van der Waals surface area contributed by atoms with Gasteiger partial charge in [0.2, 0.25) is 0 Å². The van der Waals surface area contributed by atoms with E-state index < -0.39 is 5.97 Å². The van der Waals surface area contributed by atoms with Gasteiger partial charge in [-0.15, -0.1) is 0 Å². The van der Waals surface area contributed by atoms with Gasteiger partial charge >= 0.3 is 5.97 Å². The van der Waals surface area contributed by atoms with E-state index in [0.717, 1.165) is 11.1 Å². The molecule has 1 aromatic heterocycles. The molecule has 0 spiro atoms. The number of aromatic nitrogens is 1. The standard InChI is InChI=1S/C21H14Cl2N2O4/c22-14-5-6-15(16(23)9-14)20(26)25-10-13-8-12(4-7-19(13)29-11-25)17-2-1-3-18(24-17)21(27)28/h1-9H,10-11H2,(H,27,28). The second-order valence-corrected chi connectivity index (χ2v) is 7.28. The quantitative estimate of drug-likeness (QED) is 0.650. The first-order valence-corrected chi connectivity index (χ1v) is 9.39. The third-order valence-electron chi connectivity index (χ3n) is 4.51. The van der Waals surface area contributed by atoms with E-state index in [9.17, 15) is 9.59 Å². The van der Waals surface area contributed by atoms with Crippen molar-refractivity contribution >= 4 is 35.1 Å². The fraction of sp³-hybridized carbons (Fsp3) is 0.0952. The summed E-state index contributed by atoms with van der Waals surface area (Å²) in [5, 5.41) is 9.87. The second-order valence-electron chi connectivity index (χ2n) is 6.44. The number of pyridine rings is 1. The highest BCUT2D eigenvalue weighted by Gasteiger charge is 2.25. The average Bonchev–Trinajstić information content (AvgIpc) is 2.72. The van der Waals surface area contributed by atoms with Crippen LogP contribution in [-0.2, 0) is 6.54 Å². The molecule has 2 aromatic carbocycles. The zero-order valence-electron chi connectivity index (χ0n) is 14.9. The predicted molar refractivity (Wildman–Crippen MR) is 108 cm³/mol. The maximum atomic E-state index is 12.9. The van der Waals surface area contributed by atoms with Crippen molar-refractivity contribution in [1.82, 2.24) is 9.88 Å². The highest BCUT2D eigenvalue weighted by Crippen LogP contribution is 2.31. The van der Waals surface area contributed by atoms with Crippen LogP contribution in [0.3, 0.4) is 0 Å². The van der Waals surface area contributed by atoms with Gasteiger partial charge in [-0.05, 0) is 48.5 Å². The Balaban J connectivity index is 1.62. The lowest BCUT2D eigenvalue weighted by atomic mass is 10.0. The summed E-state index contributed by atoms with van der Waals surface area (Å²) >= 11 is 12.1. The molecule has 2 heterocycles. The van der Waals surface area contributed by atoms with Gasteiger partial charge in [-0.3, -0.25) is 4.79 Å². The molecule has 0 atom stereocenters. The highest BCUT2D eigenvalue weighted by molar-refractivity contribution is 6.36. The number of nitrogens with zero attached hydrogens (tertiary/aromatic N) is 2. The van der Waals surface area contributed by atoms with Crippen LogP contribution in [0.5, 0.6) is 5.75 Å². The van der Waals surface area contributed by atoms with Crippen LogP contribution in [0.4, 0.5) is 0 Å². The van der Waals surface area contributed by atoms with Crippen LogP contribution >= 0.6 is 23.2 Å². The largest absolute Gasteiger partial charge is 0.477 e. The number of ether oxygens (including phenoxy) is 1. The van der Waals surface area contributed by atoms with Crippen LogP contribution in [0.25, 0.3) is 11.3 Å². The minimum atomic E-state index is -1.09. The topological polar surface area (TPSA) is 79.7 Å². The third-order valence-corrected chi connectivity index (χ3v) is 5.06. The number of carbonyl (C=O) groups is 2. The van der Waals surface area contributed by atoms with Gasteiger partial charge in [0.25, 0.3) is 5.91 Å².